The van der Waals surface area contributed by atoms with Crippen LogP contribution in [-0.2, 0) is 0 Å². The molecular weight excluding hydrogens is 270 g/mol. The first-order valence-electron chi connectivity index (χ1n) is 8.14. The van der Waals surface area contributed by atoms with Crippen molar-refractivity contribution in [2.45, 2.75) is 19.8 Å². The summed E-state index contributed by atoms with van der Waals surface area (Å²) in [6, 6.07) is 13.0. The van der Waals surface area contributed by atoms with Gasteiger partial charge in [-0.1, -0.05) is 38.1 Å². The van der Waals surface area contributed by atoms with E-state index < -0.39 is 0 Å². The third-order valence-corrected chi connectivity index (χ3v) is 4.47. The van der Waals surface area contributed by atoms with Gasteiger partial charge in [-0.2, -0.15) is 0 Å². The minimum Gasteiger partial charge on any atom is -0.354 e. The number of anilines is 1. The molecule has 1 fully saturated rings. The van der Waals surface area contributed by atoms with Gasteiger partial charge in [0.15, 0.2) is 0 Å². The monoisotopic (exact) mass is 295 g/mol. The molecule has 0 aliphatic carbocycles. The fourth-order valence-electron chi connectivity index (χ4n) is 3.03. The van der Waals surface area contributed by atoms with Crippen LogP contribution in [0.25, 0.3) is 11.1 Å². The molecular formula is C19H25N3. The summed E-state index contributed by atoms with van der Waals surface area (Å²) in [6.07, 6.45) is 2.02. The van der Waals surface area contributed by atoms with E-state index in [1.165, 1.54) is 16.7 Å². The summed E-state index contributed by atoms with van der Waals surface area (Å²) in [7, 11) is 2.18. The summed E-state index contributed by atoms with van der Waals surface area (Å²) >= 11 is 0. The third kappa shape index (κ3) is 3.14. The number of nitrogens with zero attached hydrogens (tertiary/aromatic N) is 3. The largest absolute Gasteiger partial charge is 0.354 e. The highest BCUT2D eigenvalue weighted by molar-refractivity contribution is 5.68. The van der Waals surface area contributed by atoms with Crippen molar-refractivity contribution in [1.29, 1.82) is 0 Å². The average molecular weight is 295 g/mol. The van der Waals surface area contributed by atoms with E-state index in [1.807, 2.05) is 6.20 Å². The molecule has 3 rings (SSSR count). The van der Waals surface area contributed by atoms with Gasteiger partial charge < -0.3 is 9.80 Å². The molecule has 1 aromatic heterocycles. The van der Waals surface area contributed by atoms with Crippen LogP contribution in [0.15, 0.2) is 42.6 Å². The summed E-state index contributed by atoms with van der Waals surface area (Å²) in [6.45, 7) is 8.83. The van der Waals surface area contributed by atoms with Crippen LogP contribution < -0.4 is 4.90 Å². The molecule has 0 unspecified atom stereocenters. The Labute approximate surface area is 133 Å². The molecule has 1 aliphatic heterocycles. The minimum atomic E-state index is 0.522. The van der Waals surface area contributed by atoms with Gasteiger partial charge in [0, 0.05) is 37.9 Å². The second kappa shape index (κ2) is 6.49. The standard InChI is InChI=1S/C19H25N3/c1-15(2)17-6-4-5-7-18(17)16-8-9-19(20-14-16)22-12-10-21(3)11-13-22/h4-9,14-15H,10-13H2,1-3H3. The van der Waals surface area contributed by atoms with Gasteiger partial charge in [-0.15, -0.1) is 0 Å². The van der Waals surface area contributed by atoms with Crippen LogP contribution in [0, 0.1) is 0 Å². The maximum Gasteiger partial charge on any atom is 0.128 e. The van der Waals surface area contributed by atoms with E-state index in [0.717, 1.165) is 32.0 Å². The second-order valence-corrected chi connectivity index (χ2v) is 6.44. The van der Waals surface area contributed by atoms with Crippen LogP contribution >= 0.6 is 0 Å². The zero-order chi connectivity index (χ0) is 15.5. The number of aromatic nitrogens is 1. The molecule has 0 N–H and O–H groups in total. The molecule has 2 aromatic rings. The van der Waals surface area contributed by atoms with Crippen LogP contribution in [0.4, 0.5) is 5.82 Å². The molecule has 1 aromatic carbocycles. The first-order chi connectivity index (χ1) is 10.6. The van der Waals surface area contributed by atoms with Gasteiger partial charge in [0.2, 0.25) is 0 Å². The fourth-order valence-corrected chi connectivity index (χ4v) is 3.03. The zero-order valence-electron chi connectivity index (χ0n) is 13.8. The van der Waals surface area contributed by atoms with Crippen LogP contribution in [0.3, 0.4) is 0 Å². The van der Waals surface area contributed by atoms with Crippen molar-refractivity contribution < 1.29 is 0 Å². The lowest BCUT2D eigenvalue weighted by Gasteiger charge is -2.33. The molecule has 0 bridgehead atoms. The Morgan fingerprint density at radius 3 is 2.32 bits per heavy atom. The molecule has 3 nitrogen and oxygen atoms in total. The number of piperazine rings is 1. The Morgan fingerprint density at radius 1 is 0.955 bits per heavy atom. The van der Waals surface area contributed by atoms with Gasteiger partial charge in [-0.25, -0.2) is 4.98 Å². The Kier molecular flexibility index (Phi) is 4.44. The number of rotatable bonds is 3. The lowest BCUT2D eigenvalue weighted by Crippen LogP contribution is -2.44. The van der Waals surface area contributed by atoms with E-state index in [9.17, 15) is 0 Å². The molecule has 1 saturated heterocycles. The molecule has 3 heteroatoms. The normalized spacial score (nSPS) is 16.3. The average Bonchev–Trinajstić information content (AvgIpc) is 2.56. The van der Waals surface area contributed by atoms with E-state index in [-0.39, 0.29) is 0 Å². The van der Waals surface area contributed by atoms with Crippen molar-refractivity contribution in [3.8, 4) is 11.1 Å². The molecule has 116 valence electrons. The zero-order valence-corrected chi connectivity index (χ0v) is 13.8. The number of pyridine rings is 1. The quantitative estimate of drug-likeness (QED) is 0.862. The molecule has 0 radical (unpaired) electrons. The fraction of sp³-hybridized carbons (Fsp3) is 0.421. The SMILES string of the molecule is CC(C)c1ccccc1-c1ccc(N2CCN(C)CC2)nc1. The second-order valence-electron chi connectivity index (χ2n) is 6.44. The summed E-state index contributed by atoms with van der Waals surface area (Å²) in [5.41, 5.74) is 3.90. The number of likely N-dealkylation sites (N-methyl/N-ethyl adjacent to an activating group) is 1. The van der Waals surface area contributed by atoms with E-state index in [0.29, 0.717) is 5.92 Å². The van der Waals surface area contributed by atoms with Crippen molar-refractivity contribution in [1.82, 2.24) is 9.88 Å². The summed E-state index contributed by atoms with van der Waals surface area (Å²) in [5.74, 6) is 1.62. The van der Waals surface area contributed by atoms with Crippen LogP contribution in [0.5, 0.6) is 0 Å². The Hall–Kier alpha value is -1.87. The van der Waals surface area contributed by atoms with E-state index in [1.54, 1.807) is 0 Å². The van der Waals surface area contributed by atoms with Crippen molar-refractivity contribution >= 4 is 5.82 Å². The molecule has 0 saturated carbocycles. The third-order valence-electron chi connectivity index (χ3n) is 4.47. The summed E-state index contributed by atoms with van der Waals surface area (Å²) in [5, 5.41) is 0. The van der Waals surface area contributed by atoms with Crippen LogP contribution in [0.1, 0.15) is 25.3 Å². The van der Waals surface area contributed by atoms with E-state index in [4.69, 9.17) is 4.98 Å². The molecule has 0 atom stereocenters. The van der Waals surface area contributed by atoms with Crippen molar-refractivity contribution in [3.05, 3.63) is 48.2 Å². The van der Waals surface area contributed by atoms with Gasteiger partial charge in [0.05, 0.1) is 0 Å². The molecule has 2 heterocycles. The predicted molar refractivity (Wildman–Crippen MR) is 93.5 cm³/mol. The number of hydrogen-bond donors (Lipinski definition) is 0. The lowest BCUT2D eigenvalue weighted by atomic mass is 9.93. The lowest BCUT2D eigenvalue weighted by molar-refractivity contribution is 0.312. The Balaban J connectivity index is 1.83. The molecule has 22 heavy (non-hydrogen) atoms. The molecule has 1 aliphatic rings. The van der Waals surface area contributed by atoms with Gasteiger partial charge in [0.1, 0.15) is 5.82 Å². The van der Waals surface area contributed by atoms with Crippen molar-refractivity contribution in [3.63, 3.8) is 0 Å². The van der Waals surface area contributed by atoms with Crippen LogP contribution in [-0.4, -0.2) is 43.1 Å². The maximum atomic E-state index is 4.71. The smallest absolute Gasteiger partial charge is 0.128 e. The number of hydrogen-bond acceptors (Lipinski definition) is 3. The van der Waals surface area contributed by atoms with Gasteiger partial charge in [0.25, 0.3) is 0 Å². The summed E-state index contributed by atoms with van der Waals surface area (Å²) < 4.78 is 0. The Bertz CT molecular complexity index is 611. The van der Waals surface area contributed by atoms with E-state index >= 15 is 0 Å². The number of benzene rings is 1. The Morgan fingerprint density at radius 2 is 1.68 bits per heavy atom. The highest BCUT2D eigenvalue weighted by Gasteiger charge is 2.15. The van der Waals surface area contributed by atoms with E-state index in [2.05, 4.69) is 67.1 Å². The first kappa shape index (κ1) is 15.0. The molecule has 0 amide bonds. The maximum absolute atomic E-state index is 4.71. The first-order valence-corrected chi connectivity index (χ1v) is 8.14. The van der Waals surface area contributed by atoms with Gasteiger partial charge in [-0.3, -0.25) is 0 Å². The van der Waals surface area contributed by atoms with Gasteiger partial charge >= 0.3 is 0 Å². The van der Waals surface area contributed by atoms with Gasteiger partial charge in [-0.05, 0) is 36.2 Å². The van der Waals surface area contributed by atoms with Crippen LogP contribution in [0.2, 0.25) is 0 Å². The van der Waals surface area contributed by atoms with Crippen molar-refractivity contribution in [2.75, 3.05) is 38.1 Å². The predicted octanol–water partition coefficient (Wildman–Crippen LogP) is 3.62. The molecule has 0 spiro atoms. The van der Waals surface area contributed by atoms with Crippen molar-refractivity contribution in [2.24, 2.45) is 0 Å². The highest BCUT2D eigenvalue weighted by atomic mass is 15.3. The summed E-state index contributed by atoms with van der Waals surface area (Å²) in [4.78, 5) is 9.45. The topological polar surface area (TPSA) is 19.4 Å². The minimum absolute atomic E-state index is 0.522. The highest BCUT2D eigenvalue weighted by Crippen LogP contribution is 2.29.